The number of nitrogens with zero attached hydrogens (tertiary/aromatic N) is 1. The quantitative estimate of drug-likeness (QED) is 0.749. The standard InChI is InChI=1S/C11H21NO3/c1-3-12(6-7-13)11(14)10-5-4-8-15-9(10)2/h9-10,13H,3-8H2,1-2H3/t9-,10+/m0/s1. The number of hydrogen-bond donors (Lipinski definition) is 1. The van der Waals surface area contributed by atoms with Crippen molar-refractivity contribution in [3.8, 4) is 0 Å². The van der Waals surface area contributed by atoms with Crippen molar-refractivity contribution in [1.82, 2.24) is 4.90 Å². The largest absolute Gasteiger partial charge is 0.395 e. The molecule has 0 aromatic carbocycles. The van der Waals surface area contributed by atoms with Gasteiger partial charge in [0, 0.05) is 19.7 Å². The number of rotatable bonds is 4. The molecule has 0 radical (unpaired) electrons. The Balaban J connectivity index is 2.55. The summed E-state index contributed by atoms with van der Waals surface area (Å²) in [4.78, 5) is 13.8. The Morgan fingerprint density at radius 3 is 2.87 bits per heavy atom. The zero-order valence-electron chi connectivity index (χ0n) is 9.61. The van der Waals surface area contributed by atoms with E-state index in [2.05, 4.69) is 0 Å². The van der Waals surface area contributed by atoms with Crippen LogP contribution < -0.4 is 0 Å². The van der Waals surface area contributed by atoms with Crippen molar-refractivity contribution in [1.29, 1.82) is 0 Å². The van der Waals surface area contributed by atoms with E-state index in [9.17, 15) is 4.79 Å². The highest BCUT2D eigenvalue weighted by Gasteiger charge is 2.31. The van der Waals surface area contributed by atoms with E-state index in [0.29, 0.717) is 13.1 Å². The van der Waals surface area contributed by atoms with E-state index in [0.717, 1.165) is 19.4 Å². The first-order valence-corrected chi connectivity index (χ1v) is 5.72. The highest BCUT2D eigenvalue weighted by atomic mass is 16.5. The molecule has 1 N–H and O–H groups in total. The minimum Gasteiger partial charge on any atom is -0.395 e. The molecule has 0 aromatic heterocycles. The average Bonchev–Trinajstić information content (AvgIpc) is 2.25. The van der Waals surface area contributed by atoms with Gasteiger partial charge < -0.3 is 14.7 Å². The molecule has 1 saturated heterocycles. The first kappa shape index (κ1) is 12.5. The summed E-state index contributed by atoms with van der Waals surface area (Å²) in [5.74, 6) is 0.101. The van der Waals surface area contributed by atoms with Crippen molar-refractivity contribution >= 4 is 5.91 Å². The average molecular weight is 215 g/mol. The smallest absolute Gasteiger partial charge is 0.228 e. The van der Waals surface area contributed by atoms with E-state index in [4.69, 9.17) is 9.84 Å². The predicted molar refractivity (Wildman–Crippen MR) is 57.5 cm³/mol. The van der Waals surface area contributed by atoms with Gasteiger partial charge in [0.2, 0.25) is 5.91 Å². The van der Waals surface area contributed by atoms with Gasteiger partial charge in [0.25, 0.3) is 0 Å². The third kappa shape index (κ3) is 3.18. The van der Waals surface area contributed by atoms with Gasteiger partial charge in [-0.25, -0.2) is 0 Å². The van der Waals surface area contributed by atoms with Crippen LogP contribution in [0.2, 0.25) is 0 Å². The van der Waals surface area contributed by atoms with Gasteiger partial charge >= 0.3 is 0 Å². The van der Waals surface area contributed by atoms with E-state index in [1.54, 1.807) is 4.90 Å². The van der Waals surface area contributed by atoms with Crippen LogP contribution >= 0.6 is 0 Å². The van der Waals surface area contributed by atoms with Crippen LogP contribution in [0.1, 0.15) is 26.7 Å². The van der Waals surface area contributed by atoms with E-state index in [1.807, 2.05) is 13.8 Å². The molecule has 0 aromatic rings. The molecule has 4 nitrogen and oxygen atoms in total. The van der Waals surface area contributed by atoms with Gasteiger partial charge in [-0.05, 0) is 26.7 Å². The Morgan fingerprint density at radius 2 is 2.33 bits per heavy atom. The van der Waals surface area contributed by atoms with Gasteiger partial charge in [-0.1, -0.05) is 0 Å². The second kappa shape index (κ2) is 6.08. The van der Waals surface area contributed by atoms with E-state index in [-0.39, 0.29) is 24.5 Å². The molecule has 15 heavy (non-hydrogen) atoms. The Kier molecular flexibility index (Phi) is 5.05. The molecule has 0 aliphatic carbocycles. The molecule has 2 atom stereocenters. The molecule has 1 amide bonds. The maximum absolute atomic E-state index is 12.1. The Hall–Kier alpha value is -0.610. The number of aliphatic hydroxyl groups excluding tert-OH is 1. The van der Waals surface area contributed by atoms with Gasteiger partial charge in [0.15, 0.2) is 0 Å². The molecular formula is C11H21NO3. The maximum Gasteiger partial charge on any atom is 0.228 e. The number of carbonyl (C=O) groups excluding carboxylic acids is 1. The fraction of sp³-hybridized carbons (Fsp3) is 0.909. The zero-order valence-corrected chi connectivity index (χ0v) is 9.61. The molecule has 0 unspecified atom stereocenters. The summed E-state index contributed by atoms with van der Waals surface area (Å²) in [6, 6.07) is 0. The molecule has 0 saturated carbocycles. The minimum absolute atomic E-state index is 0.0130. The summed E-state index contributed by atoms with van der Waals surface area (Å²) in [5.41, 5.74) is 0. The van der Waals surface area contributed by atoms with Gasteiger partial charge in [0.1, 0.15) is 0 Å². The molecular weight excluding hydrogens is 194 g/mol. The zero-order chi connectivity index (χ0) is 11.3. The van der Waals surface area contributed by atoms with Gasteiger partial charge in [-0.15, -0.1) is 0 Å². The third-order valence-corrected chi connectivity index (χ3v) is 2.99. The summed E-state index contributed by atoms with van der Waals surface area (Å²) in [6.07, 6.45) is 1.87. The van der Waals surface area contributed by atoms with Crippen LogP contribution in [-0.2, 0) is 9.53 Å². The first-order chi connectivity index (χ1) is 7.20. The second-order valence-corrected chi connectivity index (χ2v) is 3.97. The molecule has 0 spiro atoms. The fourth-order valence-electron chi connectivity index (χ4n) is 2.03. The highest BCUT2D eigenvalue weighted by Crippen LogP contribution is 2.22. The number of hydrogen-bond acceptors (Lipinski definition) is 3. The van der Waals surface area contributed by atoms with E-state index in [1.165, 1.54) is 0 Å². The van der Waals surface area contributed by atoms with Crippen molar-refractivity contribution in [2.45, 2.75) is 32.8 Å². The number of carbonyl (C=O) groups is 1. The van der Waals surface area contributed by atoms with Crippen molar-refractivity contribution in [3.05, 3.63) is 0 Å². The lowest BCUT2D eigenvalue weighted by atomic mass is 9.94. The molecule has 0 bridgehead atoms. The monoisotopic (exact) mass is 215 g/mol. The summed E-state index contributed by atoms with van der Waals surface area (Å²) < 4.78 is 5.47. The molecule has 1 heterocycles. The second-order valence-electron chi connectivity index (χ2n) is 3.97. The molecule has 1 aliphatic heterocycles. The minimum atomic E-state index is -0.0229. The van der Waals surface area contributed by atoms with Gasteiger partial charge in [-0.2, -0.15) is 0 Å². The summed E-state index contributed by atoms with van der Waals surface area (Å²) >= 11 is 0. The summed E-state index contributed by atoms with van der Waals surface area (Å²) in [5, 5.41) is 8.86. The molecule has 1 fully saturated rings. The van der Waals surface area contributed by atoms with Gasteiger partial charge in [0.05, 0.1) is 18.6 Å². The Bertz CT molecular complexity index is 208. The predicted octanol–water partition coefficient (Wildman–Crippen LogP) is 0.642. The van der Waals surface area contributed by atoms with Crippen LogP contribution in [0.4, 0.5) is 0 Å². The fourth-order valence-corrected chi connectivity index (χ4v) is 2.03. The summed E-state index contributed by atoms with van der Waals surface area (Å²) in [6.45, 7) is 5.76. The molecule has 1 rings (SSSR count). The Morgan fingerprint density at radius 1 is 1.60 bits per heavy atom. The lowest BCUT2D eigenvalue weighted by Gasteiger charge is -2.32. The van der Waals surface area contributed by atoms with Crippen LogP contribution in [0.15, 0.2) is 0 Å². The van der Waals surface area contributed by atoms with E-state index < -0.39 is 0 Å². The number of likely N-dealkylation sites (N-methyl/N-ethyl adjacent to an activating group) is 1. The van der Waals surface area contributed by atoms with E-state index >= 15 is 0 Å². The third-order valence-electron chi connectivity index (χ3n) is 2.99. The van der Waals surface area contributed by atoms with Crippen molar-refractivity contribution in [3.63, 3.8) is 0 Å². The van der Waals surface area contributed by atoms with Crippen LogP contribution in [-0.4, -0.2) is 48.3 Å². The lowest BCUT2D eigenvalue weighted by molar-refractivity contribution is -0.144. The van der Waals surface area contributed by atoms with Crippen molar-refractivity contribution in [2.24, 2.45) is 5.92 Å². The SMILES string of the molecule is CCN(CCO)C(=O)[C@@H]1CCCO[C@H]1C. The lowest BCUT2D eigenvalue weighted by Crippen LogP contribution is -2.43. The number of amides is 1. The number of ether oxygens (including phenoxy) is 1. The van der Waals surface area contributed by atoms with Crippen molar-refractivity contribution < 1.29 is 14.6 Å². The van der Waals surface area contributed by atoms with Crippen molar-refractivity contribution in [2.75, 3.05) is 26.3 Å². The van der Waals surface area contributed by atoms with Crippen LogP contribution in [0.3, 0.4) is 0 Å². The normalized spacial score (nSPS) is 26.3. The van der Waals surface area contributed by atoms with Gasteiger partial charge in [-0.3, -0.25) is 4.79 Å². The Labute approximate surface area is 91.2 Å². The molecule has 4 heteroatoms. The molecule has 88 valence electrons. The van der Waals surface area contributed by atoms with Crippen LogP contribution in [0.5, 0.6) is 0 Å². The molecule has 1 aliphatic rings. The highest BCUT2D eigenvalue weighted by molar-refractivity contribution is 5.79. The van der Waals surface area contributed by atoms with Crippen LogP contribution in [0, 0.1) is 5.92 Å². The first-order valence-electron chi connectivity index (χ1n) is 5.72. The topological polar surface area (TPSA) is 49.8 Å². The summed E-state index contributed by atoms with van der Waals surface area (Å²) in [7, 11) is 0. The maximum atomic E-state index is 12.1. The number of aliphatic hydroxyl groups is 1. The van der Waals surface area contributed by atoms with Crippen LogP contribution in [0.25, 0.3) is 0 Å².